The fourth-order valence-corrected chi connectivity index (χ4v) is 3.97. The highest BCUT2D eigenvalue weighted by molar-refractivity contribution is 6.12. The van der Waals surface area contributed by atoms with Gasteiger partial charge in [0.15, 0.2) is 0 Å². The maximum absolute atomic E-state index is 10.1. The van der Waals surface area contributed by atoms with Crippen molar-refractivity contribution in [3.8, 4) is 28.4 Å². The van der Waals surface area contributed by atoms with Gasteiger partial charge < -0.3 is 19.3 Å². The summed E-state index contributed by atoms with van der Waals surface area (Å²) in [5.74, 6) is 1.96. The number of ether oxygens (including phenoxy) is 3. The Morgan fingerprint density at radius 3 is 1.93 bits per heavy atom. The molecule has 0 fully saturated rings. The topological polar surface area (TPSA) is 47.9 Å². The monoisotopic (exact) mass is 374 g/mol. The summed E-state index contributed by atoms with van der Waals surface area (Å²) in [6, 6.07) is 20.2. The molecular weight excluding hydrogens is 352 g/mol. The first-order valence-corrected chi connectivity index (χ1v) is 9.07. The Bertz CT molecular complexity index is 1160. The molecule has 0 aliphatic carbocycles. The van der Waals surface area contributed by atoms with Gasteiger partial charge in [-0.15, -0.1) is 0 Å². The third-order valence-electron chi connectivity index (χ3n) is 5.14. The molecule has 142 valence electrons. The minimum Gasteiger partial charge on any atom is -0.496 e. The molecule has 0 unspecified atom stereocenters. The largest absolute Gasteiger partial charge is 0.496 e. The zero-order valence-corrected chi connectivity index (χ0v) is 16.2. The molecular formula is C24H22O4. The lowest BCUT2D eigenvalue weighted by atomic mass is 9.89. The van der Waals surface area contributed by atoms with E-state index in [0.717, 1.165) is 38.4 Å². The standard InChI is InChI=1S/C24H22O4/c1-26-20-13-12-15-8-4-5-9-16(15)21(20)22-17-10-6-7-11-18(17)23(27-2)19(14-25)24(22)28-3/h4-13,25H,14H2,1-3H3. The van der Waals surface area contributed by atoms with Gasteiger partial charge in [-0.2, -0.15) is 0 Å². The van der Waals surface area contributed by atoms with Crippen molar-refractivity contribution in [1.82, 2.24) is 0 Å². The van der Waals surface area contributed by atoms with Gasteiger partial charge in [-0.25, -0.2) is 0 Å². The van der Waals surface area contributed by atoms with Crippen LogP contribution in [-0.2, 0) is 6.61 Å². The minimum absolute atomic E-state index is 0.197. The zero-order chi connectivity index (χ0) is 19.7. The first-order chi connectivity index (χ1) is 13.7. The fraction of sp³-hybridized carbons (Fsp3) is 0.167. The van der Waals surface area contributed by atoms with Gasteiger partial charge in [-0.05, 0) is 22.2 Å². The fourth-order valence-electron chi connectivity index (χ4n) is 3.97. The summed E-state index contributed by atoms with van der Waals surface area (Å²) in [6.07, 6.45) is 0. The number of fused-ring (bicyclic) bond motifs is 2. The van der Waals surface area contributed by atoms with Crippen molar-refractivity contribution in [2.24, 2.45) is 0 Å². The highest BCUT2D eigenvalue weighted by Crippen LogP contribution is 2.50. The van der Waals surface area contributed by atoms with Crippen LogP contribution in [-0.4, -0.2) is 26.4 Å². The minimum atomic E-state index is -0.197. The van der Waals surface area contributed by atoms with E-state index in [4.69, 9.17) is 14.2 Å². The van der Waals surface area contributed by atoms with E-state index in [1.807, 2.05) is 48.5 Å². The molecule has 0 aliphatic rings. The van der Waals surface area contributed by atoms with Gasteiger partial charge >= 0.3 is 0 Å². The molecule has 0 atom stereocenters. The summed E-state index contributed by atoms with van der Waals surface area (Å²) in [7, 11) is 4.89. The molecule has 4 rings (SSSR count). The quantitative estimate of drug-likeness (QED) is 0.523. The Balaban J connectivity index is 2.27. The first kappa shape index (κ1) is 18.1. The lowest BCUT2D eigenvalue weighted by Crippen LogP contribution is -2.02. The molecule has 28 heavy (non-hydrogen) atoms. The van der Waals surface area contributed by atoms with Crippen molar-refractivity contribution in [2.45, 2.75) is 6.61 Å². The van der Waals surface area contributed by atoms with Crippen molar-refractivity contribution in [1.29, 1.82) is 0 Å². The molecule has 4 heteroatoms. The second-order valence-corrected chi connectivity index (χ2v) is 6.49. The normalized spacial score (nSPS) is 11.0. The van der Waals surface area contributed by atoms with Gasteiger partial charge in [-0.1, -0.05) is 54.6 Å². The lowest BCUT2D eigenvalue weighted by Gasteiger charge is -2.22. The predicted octanol–water partition coefficient (Wildman–Crippen LogP) is 5.18. The second-order valence-electron chi connectivity index (χ2n) is 6.49. The second kappa shape index (κ2) is 7.41. The van der Waals surface area contributed by atoms with Crippen LogP contribution in [0.4, 0.5) is 0 Å². The number of benzene rings is 4. The molecule has 0 bridgehead atoms. The average molecular weight is 374 g/mol. The summed E-state index contributed by atoms with van der Waals surface area (Å²) < 4.78 is 17.2. The maximum atomic E-state index is 10.1. The van der Waals surface area contributed by atoms with Crippen molar-refractivity contribution in [3.05, 3.63) is 66.2 Å². The first-order valence-electron chi connectivity index (χ1n) is 9.07. The van der Waals surface area contributed by atoms with Crippen molar-refractivity contribution in [3.63, 3.8) is 0 Å². The highest BCUT2D eigenvalue weighted by atomic mass is 16.5. The molecule has 0 aliphatic heterocycles. The summed E-state index contributed by atoms with van der Waals surface area (Å²) >= 11 is 0. The maximum Gasteiger partial charge on any atom is 0.136 e. The van der Waals surface area contributed by atoms with E-state index in [2.05, 4.69) is 12.1 Å². The van der Waals surface area contributed by atoms with E-state index in [0.29, 0.717) is 17.1 Å². The van der Waals surface area contributed by atoms with E-state index in [-0.39, 0.29) is 6.61 Å². The molecule has 0 heterocycles. The van der Waals surface area contributed by atoms with Crippen molar-refractivity contribution in [2.75, 3.05) is 21.3 Å². The van der Waals surface area contributed by atoms with E-state index in [1.165, 1.54) is 0 Å². The summed E-state index contributed by atoms with van der Waals surface area (Å²) in [5, 5.41) is 14.2. The van der Waals surface area contributed by atoms with E-state index >= 15 is 0 Å². The number of aliphatic hydroxyl groups excluding tert-OH is 1. The van der Waals surface area contributed by atoms with Crippen LogP contribution in [0, 0.1) is 0 Å². The van der Waals surface area contributed by atoms with Crippen LogP contribution in [0.15, 0.2) is 60.7 Å². The molecule has 0 saturated carbocycles. The van der Waals surface area contributed by atoms with Gasteiger partial charge in [0.2, 0.25) is 0 Å². The van der Waals surface area contributed by atoms with Crippen LogP contribution in [0.1, 0.15) is 5.56 Å². The molecule has 4 nitrogen and oxygen atoms in total. The van der Waals surface area contributed by atoms with E-state index < -0.39 is 0 Å². The molecule has 1 N–H and O–H groups in total. The third-order valence-corrected chi connectivity index (χ3v) is 5.14. The molecule has 0 saturated heterocycles. The summed E-state index contributed by atoms with van der Waals surface area (Å²) in [4.78, 5) is 0. The molecule has 0 radical (unpaired) electrons. The van der Waals surface area contributed by atoms with Crippen molar-refractivity contribution >= 4 is 21.5 Å². The Hall–Kier alpha value is -3.24. The summed E-state index contributed by atoms with van der Waals surface area (Å²) in [6.45, 7) is -0.197. The summed E-state index contributed by atoms with van der Waals surface area (Å²) in [5.41, 5.74) is 2.44. The molecule has 0 spiro atoms. The molecule has 0 aromatic heterocycles. The molecule has 4 aromatic carbocycles. The smallest absolute Gasteiger partial charge is 0.136 e. The van der Waals surface area contributed by atoms with Crippen LogP contribution in [0.25, 0.3) is 32.7 Å². The van der Waals surface area contributed by atoms with E-state index in [1.54, 1.807) is 21.3 Å². The van der Waals surface area contributed by atoms with Gasteiger partial charge in [0.25, 0.3) is 0 Å². The number of hydrogen-bond acceptors (Lipinski definition) is 4. The van der Waals surface area contributed by atoms with Crippen LogP contribution >= 0.6 is 0 Å². The number of rotatable bonds is 5. The zero-order valence-electron chi connectivity index (χ0n) is 16.2. The van der Waals surface area contributed by atoms with Crippen LogP contribution < -0.4 is 14.2 Å². The van der Waals surface area contributed by atoms with E-state index in [9.17, 15) is 5.11 Å². The average Bonchev–Trinajstić information content (AvgIpc) is 2.76. The predicted molar refractivity (Wildman–Crippen MR) is 112 cm³/mol. The third kappa shape index (κ3) is 2.65. The SMILES string of the molecule is COc1ccc2ccccc2c1-c1c(OC)c(CO)c(OC)c2ccccc12. The van der Waals surface area contributed by atoms with Crippen LogP contribution in [0.5, 0.6) is 17.2 Å². The Morgan fingerprint density at radius 1 is 0.643 bits per heavy atom. The van der Waals surface area contributed by atoms with Crippen molar-refractivity contribution < 1.29 is 19.3 Å². The Labute approximate surface area is 163 Å². The lowest BCUT2D eigenvalue weighted by molar-refractivity contribution is 0.266. The van der Waals surface area contributed by atoms with Gasteiger partial charge in [0, 0.05) is 16.5 Å². The van der Waals surface area contributed by atoms with Gasteiger partial charge in [0.1, 0.15) is 17.2 Å². The number of hydrogen-bond donors (Lipinski definition) is 1. The molecule has 4 aromatic rings. The molecule has 0 amide bonds. The Kier molecular flexibility index (Phi) is 4.80. The Morgan fingerprint density at radius 2 is 1.29 bits per heavy atom. The van der Waals surface area contributed by atoms with Gasteiger partial charge in [-0.3, -0.25) is 0 Å². The highest BCUT2D eigenvalue weighted by Gasteiger charge is 2.24. The number of methoxy groups -OCH3 is 3. The van der Waals surface area contributed by atoms with Crippen LogP contribution in [0.3, 0.4) is 0 Å². The van der Waals surface area contributed by atoms with Crippen LogP contribution in [0.2, 0.25) is 0 Å². The number of aliphatic hydroxyl groups is 1. The van der Waals surface area contributed by atoms with Gasteiger partial charge in [0.05, 0.1) is 33.5 Å².